The van der Waals surface area contributed by atoms with Gasteiger partial charge in [0, 0.05) is 19.3 Å². The third-order valence-electron chi connectivity index (χ3n) is 4.19. The fourth-order valence-corrected chi connectivity index (χ4v) is 2.96. The summed E-state index contributed by atoms with van der Waals surface area (Å²) in [5.41, 5.74) is 2.38. The van der Waals surface area contributed by atoms with Crippen LogP contribution in [0.1, 0.15) is 22.8 Å². The average Bonchev–Trinajstić information content (AvgIpc) is 3.17. The third kappa shape index (κ3) is 2.73. The van der Waals surface area contributed by atoms with Crippen LogP contribution in [0.25, 0.3) is 0 Å². The fourth-order valence-electron chi connectivity index (χ4n) is 2.96. The molecule has 0 radical (unpaired) electrons. The number of para-hydroxylation sites is 1. The number of ether oxygens (including phenoxy) is 1. The summed E-state index contributed by atoms with van der Waals surface area (Å²) >= 11 is 0. The van der Waals surface area contributed by atoms with Crippen molar-refractivity contribution in [1.29, 1.82) is 0 Å². The van der Waals surface area contributed by atoms with Crippen molar-refractivity contribution < 1.29 is 14.3 Å². The lowest BCUT2D eigenvalue weighted by Crippen LogP contribution is -2.46. The fraction of sp³-hybridized carbons (Fsp3) is 0.353. The third-order valence-corrected chi connectivity index (χ3v) is 4.19. The molecule has 7 nitrogen and oxygen atoms in total. The van der Waals surface area contributed by atoms with E-state index in [1.165, 1.54) is 18.0 Å². The molecule has 0 saturated carbocycles. The first-order valence-electron chi connectivity index (χ1n) is 7.79. The molecule has 0 spiro atoms. The zero-order valence-electron chi connectivity index (χ0n) is 13.9. The van der Waals surface area contributed by atoms with E-state index in [4.69, 9.17) is 4.74 Å². The summed E-state index contributed by atoms with van der Waals surface area (Å²) in [5, 5.41) is 6.73. The standard InChI is InChI=1S/C17H20N4O3/c1-11(19-15(22)13-10-18-20(2)17(13)24-3)16(23)21-9-8-12-6-4-5-7-14(12)21/h4-7,10-11H,8-9H2,1-3H3,(H,19,22). The Labute approximate surface area is 140 Å². The monoisotopic (exact) mass is 328 g/mol. The number of aryl methyl sites for hydroxylation is 1. The van der Waals surface area contributed by atoms with Gasteiger partial charge in [-0.05, 0) is 25.0 Å². The number of hydrogen-bond acceptors (Lipinski definition) is 4. The normalized spacial score (nSPS) is 14.2. The molecule has 1 N–H and O–H groups in total. The largest absolute Gasteiger partial charge is 0.481 e. The van der Waals surface area contributed by atoms with Crippen LogP contribution in [0, 0.1) is 0 Å². The van der Waals surface area contributed by atoms with Crippen LogP contribution in [0.15, 0.2) is 30.5 Å². The number of methoxy groups -OCH3 is 1. The Kier molecular flexibility index (Phi) is 4.24. The molecule has 0 bridgehead atoms. The van der Waals surface area contributed by atoms with Crippen molar-refractivity contribution in [2.75, 3.05) is 18.6 Å². The second-order valence-corrected chi connectivity index (χ2v) is 5.75. The van der Waals surface area contributed by atoms with Gasteiger partial charge in [0.05, 0.1) is 13.3 Å². The van der Waals surface area contributed by atoms with Crippen molar-refractivity contribution in [2.45, 2.75) is 19.4 Å². The second kappa shape index (κ2) is 6.35. The molecule has 1 aromatic carbocycles. The van der Waals surface area contributed by atoms with Gasteiger partial charge in [0.2, 0.25) is 11.8 Å². The van der Waals surface area contributed by atoms with Crippen LogP contribution >= 0.6 is 0 Å². The van der Waals surface area contributed by atoms with Crippen LogP contribution in [-0.4, -0.2) is 41.3 Å². The Bertz CT molecular complexity index is 784. The predicted molar refractivity (Wildman–Crippen MR) is 89.2 cm³/mol. The number of hydrogen-bond donors (Lipinski definition) is 1. The van der Waals surface area contributed by atoms with Crippen molar-refractivity contribution >= 4 is 17.5 Å². The maximum atomic E-state index is 12.7. The molecule has 126 valence electrons. The Morgan fingerprint density at radius 2 is 2.08 bits per heavy atom. The van der Waals surface area contributed by atoms with Gasteiger partial charge >= 0.3 is 0 Å². The minimum absolute atomic E-state index is 0.129. The first kappa shape index (κ1) is 16.0. The first-order chi connectivity index (χ1) is 11.5. The molecule has 0 aliphatic carbocycles. The Morgan fingerprint density at radius 3 is 2.83 bits per heavy atom. The summed E-state index contributed by atoms with van der Waals surface area (Å²) in [4.78, 5) is 26.8. The number of benzene rings is 1. The van der Waals surface area contributed by atoms with Gasteiger partial charge in [-0.15, -0.1) is 0 Å². The quantitative estimate of drug-likeness (QED) is 0.913. The average molecular weight is 328 g/mol. The molecular formula is C17H20N4O3. The van der Waals surface area contributed by atoms with Crippen molar-refractivity contribution in [3.8, 4) is 5.88 Å². The summed E-state index contributed by atoms with van der Waals surface area (Å²) in [6.07, 6.45) is 2.26. The molecule has 1 unspecified atom stereocenters. The molecule has 7 heteroatoms. The number of aromatic nitrogens is 2. The highest BCUT2D eigenvalue weighted by atomic mass is 16.5. The summed E-state index contributed by atoms with van der Waals surface area (Å²) in [6, 6.07) is 7.18. The number of nitrogens with zero attached hydrogens (tertiary/aromatic N) is 3. The Morgan fingerprint density at radius 1 is 1.33 bits per heavy atom. The molecule has 0 saturated heterocycles. The van der Waals surface area contributed by atoms with E-state index in [0.717, 1.165) is 17.7 Å². The van der Waals surface area contributed by atoms with Gasteiger partial charge in [-0.1, -0.05) is 18.2 Å². The smallest absolute Gasteiger partial charge is 0.259 e. The number of anilines is 1. The molecule has 24 heavy (non-hydrogen) atoms. The van der Waals surface area contributed by atoms with E-state index in [0.29, 0.717) is 18.0 Å². The maximum absolute atomic E-state index is 12.7. The van der Waals surface area contributed by atoms with Gasteiger partial charge in [0.25, 0.3) is 5.91 Å². The van der Waals surface area contributed by atoms with Crippen LogP contribution in [0.5, 0.6) is 5.88 Å². The summed E-state index contributed by atoms with van der Waals surface area (Å²) in [6.45, 7) is 2.32. The van der Waals surface area contributed by atoms with Crippen LogP contribution in [0.2, 0.25) is 0 Å². The Balaban J connectivity index is 1.72. The molecular weight excluding hydrogens is 308 g/mol. The van der Waals surface area contributed by atoms with E-state index in [2.05, 4.69) is 10.4 Å². The van der Waals surface area contributed by atoms with E-state index in [1.807, 2.05) is 24.3 Å². The zero-order chi connectivity index (χ0) is 17.3. The van der Waals surface area contributed by atoms with E-state index < -0.39 is 6.04 Å². The molecule has 0 fully saturated rings. The molecule has 1 aliphatic rings. The highest BCUT2D eigenvalue weighted by Gasteiger charge is 2.29. The SMILES string of the molecule is COc1c(C(=O)NC(C)C(=O)N2CCc3ccccc32)cnn1C. The highest BCUT2D eigenvalue weighted by molar-refractivity contribution is 6.03. The van der Waals surface area contributed by atoms with Gasteiger partial charge in [0.15, 0.2) is 0 Å². The number of rotatable bonds is 4. The van der Waals surface area contributed by atoms with E-state index in [-0.39, 0.29) is 11.8 Å². The summed E-state index contributed by atoms with van der Waals surface area (Å²) in [7, 11) is 3.16. The topological polar surface area (TPSA) is 76.5 Å². The van der Waals surface area contributed by atoms with Gasteiger partial charge < -0.3 is 15.0 Å². The molecule has 1 aromatic heterocycles. The molecule has 2 aromatic rings. The van der Waals surface area contributed by atoms with Crippen molar-refractivity contribution in [3.63, 3.8) is 0 Å². The molecule has 2 amide bonds. The number of carbonyl (C=O) groups is 2. The number of nitrogens with one attached hydrogen (secondary N) is 1. The Hall–Kier alpha value is -2.83. The lowest BCUT2D eigenvalue weighted by atomic mass is 10.2. The first-order valence-corrected chi connectivity index (χ1v) is 7.79. The highest BCUT2D eigenvalue weighted by Crippen LogP contribution is 2.28. The molecule has 3 rings (SSSR count). The maximum Gasteiger partial charge on any atom is 0.259 e. The summed E-state index contributed by atoms with van der Waals surface area (Å²) < 4.78 is 6.64. The molecule has 2 heterocycles. The van der Waals surface area contributed by atoms with Gasteiger partial charge in [-0.25, -0.2) is 4.68 Å². The van der Waals surface area contributed by atoms with Crippen molar-refractivity contribution in [3.05, 3.63) is 41.6 Å². The number of fused-ring (bicyclic) bond motifs is 1. The lowest BCUT2D eigenvalue weighted by Gasteiger charge is -2.22. The second-order valence-electron chi connectivity index (χ2n) is 5.75. The van der Waals surface area contributed by atoms with Gasteiger partial charge in [-0.2, -0.15) is 5.10 Å². The van der Waals surface area contributed by atoms with Crippen molar-refractivity contribution in [1.82, 2.24) is 15.1 Å². The van der Waals surface area contributed by atoms with Crippen molar-refractivity contribution in [2.24, 2.45) is 7.05 Å². The zero-order valence-corrected chi connectivity index (χ0v) is 13.9. The van der Waals surface area contributed by atoms with Crippen LogP contribution in [0.4, 0.5) is 5.69 Å². The minimum atomic E-state index is -0.645. The lowest BCUT2D eigenvalue weighted by molar-refractivity contribution is -0.119. The molecule has 1 aliphatic heterocycles. The van der Waals surface area contributed by atoms with Gasteiger partial charge in [0.1, 0.15) is 11.6 Å². The van der Waals surface area contributed by atoms with Crippen LogP contribution in [0.3, 0.4) is 0 Å². The minimum Gasteiger partial charge on any atom is -0.481 e. The van der Waals surface area contributed by atoms with E-state index in [9.17, 15) is 9.59 Å². The number of amides is 2. The van der Waals surface area contributed by atoms with E-state index in [1.54, 1.807) is 18.9 Å². The van der Waals surface area contributed by atoms with Crippen LogP contribution < -0.4 is 15.0 Å². The van der Waals surface area contributed by atoms with E-state index >= 15 is 0 Å². The predicted octanol–water partition coefficient (Wildman–Crippen LogP) is 1.14. The molecule has 1 atom stereocenters. The summed E-state index contributed by atoms with van der Waals surface area (Å²) in [5.74, 6) is -0.150. The van der Waals surface area contributed by atoms with Gasteiger partial charge in [-0.3, -0.25) is 9.59 Å². The number of carbonyl (C=O) groups excluding carboxylic acids is 2. The van der Waals surface area contributed by atoms with Crippen LogP contribution in [-0.2, 0) is 18.3 Å².